The van der Waals surface area contributed by atoms with Crippen molar-refractivity contribution in [2.24, 2.45) is 0 Å². The average Bonchev–Trinajstić information content (AvgIpc) is 3.35. The molecule has 0 N–H and O–H groups in total. The molecule has 0 aromatic rings. The van der Waals surface area contributed by atoms with Gasteiger partial charge in [0.2, 0.25) is 0 Å². The molecule has 0 aromatic carbocycles. The summed E-state index contributed by atoms with van der Waals surface area (Å²) in [4.78, 5) is 38.1. The first kappa shape index (κ1) is 64.8. The monoisotopic (exact) mass is 955 g/mol. The zero-order valence-corrected chi connectivity index (χ0v) is 44.5. The first-order chi connectivity index (χ1) is 34.0. The summed E-state index contributed by atoms with van der Waals surface area (Å²) in [5, 5.41) is 0. The number of unbranched alkanes of at least 4 members (excludes halogenated alkanes) is 18. The van der Waals surface area contributed by atoms with Gasteiger partial charge < -0.3 is 14.2 Å². The van der Waals surface area contributed by atoms with Crippen LogP contribution in [0.25, 0.3) is 0 Å². The van der Waals surface area contributed by atoms with Gasteiger partial charge >= 0.3 is 17.9 Å². The molecule has 0 spiro atoms. The summed E-state index contributed by atoms with van der Waals surface area (Å²) >= 11 is 0. The van der Waals surface area contributed by atoms with Crippen LogP contribution in [0.2, 0.25) is 0 Å². The third-order valence-corrected chi connectivity index (χ3v) is 11.4. The summed E-state index contributed by atoms with van der Waals surface area (Å²) in [6, 6.07) is 0. The van der Waals surface area contributed by atoms with E-state index in [0.717, 1.165) is 83.5 Å². The molecular weight excluding hydrogens is 853 g/mol. The lowest BCUT2D eigenvalue weighted by molar-refractivity contribution is -0.167. The fourth-order valence-corrected chi connectivity index (χ4v) is 7.16. The SMILES string of the molecule is CCCCC/C=C\C/C=C\C/C=C\C/C=C\CCCC(=O)OC[C@H](COC(=O)CCCCCCCCC/C=C\C/C=C\CCCCC)OC(=O)CCC/C=C\C/C=C\C/C=C\C/C=C\CCCCC. The Bertz CT molecular complexity index is 1470. The van der Waals surface area contributed by atoms with Crippen LogP contribution in [0.1, 0.15) is 239 Å². The second-order valence-corrected chi connectivity index (χ2v) is 18.1. The Balaban J connectivity index is 4.59. The van der Waals surface area contributed by atoms with Crippen molar-refractivity contribution >= 4 is 17.9 Å². The van der Waals surface area contributed by atoms with Gasteiger partial charge in [0.25, 0.3) is 0 Å². The van der Waals surface area contributed by atoms with E-state index in [-0.39, 0.29) is 44.0 Å². The van der Waals surface area contributed by atoms with Crippen LogP contribution in [0.5, 0.6) is 0 Å². The molecule has 390 valence electrons. The third-order valence-electron chi connectivity index (χ3n) is 11.4. The largest absolute Gasteiger partial charge is 0.462 e. The van der Waals surface area contributed by atoms with Crippen molar-refractivity contribution in [2.75, 3.05) is 13.2 Å². The third kappa shape index (κ3) is 54.6. The van der Waals surface area contributed by atoms with E-state index in [4.69, 9.17) is 14.2 Å². The van der Waals surface area contributed by atoms with Gasteiger partial charge in [-0.05, 0) is 128 Å². The highest BCUT2D eigenvalue weighted by atomic mass is 16.6. The zero-order valence-electron chi connectivity index (χ0n) is 44.5. The maximum atomic E-state index is 12.8. The Morgan fingerprint density at radius 2 is 0.536 bits per heavy atom. The summed E-state index contributed by atoms with van der Waals surface area (Å²) in [6.45, 7) is 6.45. The molecule has 6 nitrogen and oxygen atoms in total. The van der Waals surface area contributed by atoms with Crippen molar-refractivity contribution in [1.29, 1.82) is 0 Å². The molecule has 0 saturated heterocycles. The Kier molecular flexibility index (Phi) is 53.0. The van der Waals surface area contributed by atoms with Gasteiger partial charge in [-0.2, -0.15) is 0 Å². The van der Waals surface area contributed by atoms with Crippen molar-refractivity contribution in [1.82, 2.24) is 0 Å². The van der Waals surface area contributed by atoms with Crippen LogP contribution in [0.3, 0.4) is 0 Å². The molecule has 0 amide bonds. The van der Waals surface area contributed by atoms with Crippen molar-refractivity contribution < 1.29 is 28.6 Å². The van der Waals surface area contributed by atoms with Crippen LogP contribution in [0.15, 0.2) is 122 Å². The lowest BCUT2D eigenvalue weighted by Crippen LogP contribution is -2.30. The molecule has 0 fully saturated rings. The summed E-state index contributed by atoms with van der Waals surface area (Å²) in [5.41, 5.74) is 0. The Morgan fingerprint density at radius 3 is 0.870 bits per heavy atom. The van der Waals surface area contributed by atoms with Crippen LogP contribution in [0.4, 0.5) is 0 Å². The van der Waals surface area contributed by atoms with Gasteiger partial charge in [0, 0.05) is 19.3 Å². The van der Waals surface area contributed by atoms with E-state index in [1.807, 2.05) is 0 Å². The fraction of sp³-hybridized carbons (Fsp3) is 0.635. The number of rotatable bonds is 49. The van der Waals surface area contributed by atoms with E-state index in [1.165, 1.54) is 103 Å². The number of carbonyl (C=O) groups excluding carboxylic acids is 3. The number of carbonyl (C=O) groups is 3. The summed E-state index contributed by atoms with van der Waals surface area (Å²) in [6.07, 6.45) is 77.6. The van der Waals surface area contributed by atoms with Gasteiger partial charge in [-0.3, -0.25) is 14.4 Å². The number of hydrogen-bond acceptors (Lipinski definition) is 6. The van der Waals surface area contributed by atoms with E-state index >= 15 is 0 Å². The molecule has 0 aliphatic rings. The lowest BCUT2D eigenvalue weighted by atomic mass is 10.1. The molecule has 0 unspecified atom stereocenters. The summed E-state index contributed by atoms with van der Waals surface area (Å²) in [5.74, 6) is -1.05. The molecule has 0 radical (unpaired) electrons. The molecule has 0 heterocycles. The van der Waals surface area contributed by atoms with Crippen LogP contribution < -0.4 is 0 Å². The molecule has 0 saturated carbocycles. The molecule has 0 aromatic heterocycles. The van der Waals surface area contributed by atoms with Crippen molar-refractivity contribution in [3.05, 3.63) is 122 Å². The van der Waals surface area contributed by atoms with Gasteiger partial charge in [0.1, 0.15) is 13.2 Å². The van der Waals surface area contributed by atoms with Crippen molar-refractivity contribution in [3.8, 4) is 0 Å². The number of hydrogen-bond donors (Lipinski definition) is 0. The van der Waals surface area contributed by atoms with Gasteiger partial charge in [-0.1, -0.05) is 213 Å². The lowest BCUT2D eigenvalue weighted by Gasteiger charge is -2.18. The minimum absolute atomic E-state index is 0.124. The van der Waals surface area contributed by atoms with Crippen molar-refractivity contribution in [3.63, 3.8) is 0 Å². The highest BCUT2D eigenvalue weighted by molar-refractivity contribution is 5.71. The average molecular weight is 956 g/mol. The molecule has 6 heteroatoms. The predicted molar refractivity (Wildman–Crippen MR) is 297 cm³/mol. The van der Waals surface area contributed by atoms with E-state index in [1.54, 1.807) is 0 Å². The minimum atomic E-state index is -0.836. The Hall–Kier alpha value is -4.19. The molecule has 69 heavy (non-hydrogen) atoms. The van der Waals surface area contributed by atoms with E-state index < -0.39 is 6.10 Å². The fourth-order valence-electron chi connectivity index (χ4n) is 7.16. The molecular formula is C63H102O6. The van der Waals surface area contributed by atoms with Crippen LogP contribution >= 0.6 is 0 Å². The summed E-state index contributed by atoms with van der Waals surface area (Å²) in [7, 11) is 0. The summed E-state index contributed by atoms with van der Waals surface area (Å²) < 4.78 is 16.7. The molecule has 0 aliphatic heterocycles. The van der Waals surface area contributed by atoms with Gasteiger partial charge in [0.15, 0.2) is 6.10 Å². The number of ether oxygens (including phenoxy) is 3. The molecule has 0 aliphatic carbocycles. The Labute approximate surface area is 424 Å². The molecule has 0 rings (SSSR count). The van der Waals surface area contributed by atoms with Crippen molar-refractivity contribution in [2.45, 2.75) is 245 Å². The molecule has 1 atom stereocenters. The highest BCUT2D eigenvalue weighted by Crippen LogP contribution is 2.12. The van der Waals surface area contributed by atoms with E-state index in [2.05, 4.69) is 142 Å². The number of allylic oxidation sites excluding steroid dienone is 20. The minimum Gasteiger partial charge on any atom is -0.462 e. The quantitative estimate of drug-likeness (QED) is 0.0262. The second-order valence-electron chi connectivity index (χ2n) is 18.1. The van der Waals surface area contributed by atoms with Gasteiger partial charge in [-0.25, -0.2) is 0 Å². The topological polar surface area (TPSA) is 78.9 Å². The number of esters is 3. The molecule has 0 bridgehead atoms. The van der Waals surface area contributed by atoms with Crippen LogP contribution in [-0.2, 0) is 28.6 Å². The van der Waals surface area contributed by atoms with E-state index in [0.29, 0.717) is 19.3 Å². The smallest absolute Gasteiger partial charge is 0.306 e. The predicted octanol–water partition coefficient (Wildman–Crippen LogP) is 18.9. The Morgan fingerprint density at radius 1 is 0.290 bits per heavy atom. The van der Waals surface area contributed by atoms with Gasteiger partial charge in [0.05, 0.1) is 0 Å². The van der Waals surface area contributed by atoms with Gasteiger partial charge in [-0.15, -0.1) is 0 Å². The first-order valence-corrected chi connectivity index (χ1v) is 28.0. The van der Waals surface area contributed by atoms with Crippen LogP contribution in [0, 0.1) is 0 Å². The zero-order chi connectivity index (χ0) is 50.0. The van der Waals surface area contributed by atoms with E-state index in [9.17, 15) is 14.4 Å². The maximum absolute atomic E-state index is 12.8. The maximum Gasteiger partial charge on any atom is 0.306 e. The standard InChI is InChI=1S/C63H102O6/c1-4-7-10-13-16-19-22-25-28-31-34-37-40-43-46-49-52-55-61(64)67-58-60(69-63(66)57-54-51-48-45-42-39-36-33-30-27-24-21-18-15-12-9-6-3)59-68-62(65)56-53-50-47-44-41-38-35-32-29-26-23-20-17-14-11-8-5-2/h16-21,25-30,34,36-37,39,43,45-46,48,60H,4-15,22-24,31-33,35,38,40-42,44,47,49-59H2,1-3H3/b19-16-,20-17-,21-18-,28-25-,29-26-,30-27-,37-34-,39-36-,46-43-,48-45-/t60-/m1/s1. The normalized spacial score (nSPS) is 13.0. The first-order valence-electron chi connectivity index (χ1n) is 28.0. The second kappa shape index (κ2) is 56.4. The highest BCUT2D eigenvalue weighted by Gasteiger charge is 2.19. The van der Waals surface area contributed by atoms with Crippen LogP contribution in [-0.4, -0.2) is 37.2 Å².